The molecule has 5 rings (SSSR count). The van der Waals surface area contributed by atoms with Crippen LogP contribution < -0.4 is 0 Å². The van der Waals surface area contributed by atoms with Crippen LogP contribution in [-0.4, -0.2) is 17.8 Å². The first-order chi connectivity index (χ1) is 15.1. The first-order valence-corrected chi connectivity index (χ1v) is 11.1. The van der Waals surface area contributed by atoms with Gasteiger partial charge in [0.15, 0.2) is 5.78 Å². The summed E-state index contributed by atoms with van der Waals surface area (Å²) in [6.07, 6.45) is 2.58. The van der Waals surface area contributed by atoms with Crippen LogP contribution in [0.5, 0.6) is 0 Å². The second-order valence-corrected chi connectivity index (χ2v) is 9.09. The average molecular weight is 424 g/mol. The van der Waals surface area contributed by atoms with Crippen molar-refractivity contribution >= 4 is 39.2 Å². The highest BCUT2D eigenvalue weighted by atomic mass is 32.1. The Morgan fingerprint density at radius 1 is 0.935 bits per heavy atom. The summed E-state index contributed by atoms with van der Waals surface area (Å²) >= 11 is 1.75. The number of carbonyl (C=O) groups excluding carboxylic acids is 2. The Balaban J connectivity index is 1.50. The monoisotopic (exact) mass is 423 g/mol. The van der Waals surface area contributed by atoms with Gasteiger partial charge < -0.3 is 0 Å². The zero-order valence-electron chi connectivity index (χ0n) is 17.2. The molecule has 4 heteroatoms. The summed E-state index contributed by atoms with van der Waals surface area (Å²) in [5, 5.41) is 1.22. The van der Waals surface area contributed by atoms with E-state index >= 15 is 0 Å². The molecule has 0 spiro atoms. The van der Waals surface area contributed by atoms with Gasteiger partial charge >= 0.3 is 0 Å². The molecule has 0 amide bonds. The molecule has 0 aliphatic carbocycles. The number of ketones is 2. The Labute approximate surface area is 185 Å². The molecule has 0 atom stereocenters. The molecule has 0 bridgehead atoms. The molecule has 0 N–H and O–H groups in total. The minimum Gasteiger partial charge on any atom is -0.300 e. The van der Waals surface area contributed by atoms with Crippen molar-refractivity contribution in [1.82, 2.24) is 0 Å². The van der Waals surface area contributed by atoms with Crippen molar-refractivity contribution < 1.29 is 9.59 Å². The Bertz CT molecular complexity index is 1330. The van der Waals surface area contributed by atoms with E-state index in [0.29, 0.717) is 24.9 Å². The van der Waals surface area contributed by atoms with Crippen LogP contribution in [0, 0.1) is 0 Å². The quantitative estimate of drug-likeness (QED) is 0.354. The molecule has 2 heterocycles. The van der Waals surface area contributed by atoms with Crippen LogP contribution in [0.2, 0.25) is 0 Å². The van der Waals surface area contributed by atoms with Crippen LogP contribution in [0.1, 0.15) is 39.5 Å². The number of hydrogen-bond acceptors (Lipinski definition) is 4. The van der Waals surface area contributed by atoms with Crippen molar-refractivity contribution in [2.24, 2.45) is 4.99 Å². The molecule has 0 fully saturated rings. The Morgan fingerprint density at radius 2 is 1.74 bits per heavy atom. The van der Waals surface area contributed by atoms with E-state index in [1.54, 1.807) is 18.3 Å². The minimum atomic E-state index is 0.0745. The first-order valence-electron chi connectivity index (χ1n) is 10.3. The third-order valence-electron chi connectivity index (χ3n) is 5.59. The van der Waals surface area contributed by atoms with Gasteiger partial charge in [-0.25, -0.2) is 0 Å². The van der Waals surface area contributed by atoms with Crippen molar-refractivity contribution in [3.8, 4) is 10.4 Å². The van der Waals surface area contributed by atoms with E-state index < -0.39 is 0 Å². The molecular weight excluding hydrogens is 402 g/mol. The predicted octanol–water partition coefficient (Wildman–Crippen LogP) is 6.06. The van der Waals surface area contributed by atoms with Crippen molar-refractivity contribution in [2.45, 2.75) is 26.3 Å². The zero-order chi connectivity index (χ0) is 21.4. The van der Waals surface area contributed by atoms with E-state index in [0.717, 1.165) is 22.3 Å². The van der Waals surface area contributed by atoms with E-state index in [1.165, 1.54) is 20.5 Å². The largest absolute Gasteiger partial charge is 0.300 e. The lowest BCUT2D eigenvalue weighted by molar-refractivity contribution is -0.116. The smallest absolute Gasteiger partial charge is 0.167 e. The number of aliphatic imine (C=N–C) groups is 1. The number of rotatable bonds is 6. The van der Waals surface area contributed by atoms with Gasteiger partial charge in [-0.2, -0.15) is 0 Å². The van der Waals surface area contributed by atoms with Gasteiger partial charge in [0.25, 0.3) is 0 Å². The van der Waals surface area contributed by atoms with Gasteiger partial charge in [0.1, 0.15) is 5.78 Å². The van der Waals surface area contributed by atoms with Crippen LogP contribution in [0.4, 0.5) is 0 Å². The normalized spacial score (nSPS) is 12.3. The predicted molar refractivity (Wildman–Crippen MR) is 127 cm³/mol. The van der Waals surface area contributed by atoms with Crippen molar-refractivity contribution in [3.63, 3.8) is 0 Å². The van der Waals surface area contributed by atoms with Gasteiger partial charge in [-0.15, -0.1) is 11.3 Å². The number of benzene rings is 3. The Hall–Kier alpha value is -3.37. The molecule has 0 unspecified atom stereocenters. The summed E-state index contributed by atoms with van der Waals surface area (Å²) in [6.45, 7) is 2.24. The highest BCUT2D eigenvalue weighted by molar-refractivity contribution is 7.22. The number of thiophene rings is 1. The van der Waals surface area contributed by atoms with Gasteiger partial charge in [-0.05, 0) is 64.4 Å². The highest BCUT2D eigenvalue weighted by Crippen LogP contribution is 2.38. The summed E-state index contributed by atoms with van der Waals surface area (Å²) < 4.78 is 1.24. The molecule has 0 saturated heterocycles. The Morgan fingerprint density at radius 3 is 2.55 bits per heavy atom. The summed E-state index contributed by atoms with van der Waals surface area (Å²) in [6, 6.07) is 22.3. The minimum absolute atomic E-state index is 0.0745. The van der Waals surface area contributed by atoms with Crippen LogP contribution >= 0.6 is 11.3 Å². The van der Waals surface area contributed by atoms with Gasteiger partial charge in [0, 0.05) is 34.2 Å². The van der Waals surface area contributed by atoms with E-state index in [9.17, 15) is 9.59 Å². The molecule has 0 saturated carbocycles. The molecule has 3 nitrogen and oxygen atoms in total. The second kappa shape index (κ2) is 8.05. The summed E-state index contributed by atoms with van der Waals surface area (Å²) in [7, 11) is 0. The molecule has 152 valence electrons. The molecule has 4 aromatic rings. The lowest BCUT2D eigenvalue weighted by Crippen LogP contribution is -2.06. The Kier molecular flexibility index (Phi) is 5.08. The number of Topliss-reactive ketones (excluding diaryl/α,β-unsaturated/α-hetero) is 2. The van der Waals surface area contributed by atoms with Crippen LogP contribution in [0.25, 0.3) is 20.5 Å². The molecule has 31 heavy (non-hydrogen) atoms. The fraction of sp³-hybridized carbons (Fsp3) is 0.148. The summed E-state index contributed by atoms with van der Waals surface area (Å²) in [5.41, 5.74) is 5.91. The van der Waals surface area contributed by atoms with Crippen molar-refractivity contribution in [2.75, 3.05) is 0 Å². The third kappa shape index (κ3) is 3.99. The maximum atomic E-state index is 13.2. The van der Waals surface area contributed by atoms with E-state index in [1.807, 2.05) is 48.7 Å². The van der Waals surface area contributed by atoms with Gasteiger partial charge in [0.2, 0.25) is 0 Å². The third-order valence-corrected chi connectivity index (χ3v) is 6.74. The van der Waals surface area contributed by atoms with Crippen LogP contribution in [0.15, 0.2) is 71.7 Å². The van der Waals surface area contributed by atoms with E-state index in [4.69, 9.17) is 0 Å². The number of fused-ring (bicyclic) bond motifs is 2. The number of carbonyl (C=O) groups is 2. The molecular formula is C27H21NO2S. The average Bonchev–Trinajstić information content (AvgIpc) is 3.39. The SMILES string of the molecule is CC(=O)Cc1cccc(CC(=O)c2cc3c(c(-c4cc5ccccc5s4)c2)CN=C3)c1. The summed E-state index contributed by atoms with van der Waals surface area (Å²) in [4.78, 5) is 30.2. The van der Waals surface area contributed by atoms with Gasteiger partial charge in [-0.3, -0.25) is 14.6 Å². The fourth-order valence-corrected chi connectivity index (χ4v) is 5.25. The first kappa shape index (κ1) is 19.6. The van der Waals surface area contributed by atoms with E-state index in [2.05, 4.69) is 29.3 Å². The fourth-order valence-electron chi connectivity index (χ4n) is 4.14. The second-order valence-electron chi connectivity index (χ2n) is 8.01. The topological polar surface area (TPSA) is 46.5 Å². The molecule has 1 aliphatic heterocycles. The molecule has 3 aromatic carbocycles. The van der Waals surface area contributed by atoms with Crippen LogP contribution in [0.3, 0.4) is 0 Å². The lowest BCUT2D eigenvalue weighted by atomic mass is 9.94. The van der Waals surface area contributed by atoms with E-state index in [-0.39, 0.29) is 11.6 Å². The number of nitrogens with zero attached hydrogens (tertiary/aromatic N) is 1. The molecule has 1 aromatic heterocycles. The maximum Gasteiger partial charge on any atom is 0.167 e. The van der Waals surface area contributed by atoms with Crippen LogP contribution in [-0.2, 0) is 24.2 Å². The highest BCUT2D eigenvalue weighted by Gasteiger charge is 2.19. The van der Waals surface area contributed by atoms with Crippen molar-refractivity contribution in [3.05, 3.63) is 94.5 Å². The van der Waals surface area contributed by atoms with Crippen molar-refractivity contribution in [1.29, 1.82) is 0 Å². The van der Waals surface area contributed by atoms with Gasteiger partial charge in [-0.1, -0.05) is 42.5 Å². The zero-order valence-corrected chi connectivity index (χ0v) is 18.0. The number of hydrogen-bond donors (Lipinski definition) is 0. The molecule has 1 aliphatic rings. The lowest BCUT2D eigenvalue weighted by Gasteiger charge is -2.10. The maximum absolute atomic E-state index is 13.2. The van der Waals surface area contributed by atoms with Gasteiger partial charge in [0.05, 0.1) is 6.54 Å². The summed E-state index contributed by atoms with van der Waals surface area (Å²) in [5.74, 6) is 0.194. The standard InChI is InChI=1S/C27H21NO2S/c1-17(29)9-18-5-4-6-19(10-18)11-25(30)21-12-22-15-28-16-24(22)23(13-21)27-14-20-7-2-3-8-26(20)31-27/h2-8,10,12-15H,9,11,16H2,1H3. The molecule has 0 radical (unpaired) electrons.